The zero-order chi connectivity index (χ0) is 8.69. The molecule has 0 aliphatic carbocycles. The molecule has 0 unspecified atom stereocenters. The van der Waals surface area contributed by atoms with Crippen LogP contribution in [0.3, 0.4) is 0 Å². The molecular weight excluding hydrogens is 138 g/mol. The summed E-state index contributed by atoms with van der Waals surface area (Å²) in [6.45, 7) is 7.43. The standard InChI is InChI=1S/C8H17N3/c1-5-9-11(6-2)8-7-10(3)4/h5-6H,2,7-8H2,1,3-4H3/b9-5-. The van der Waals surface area contributed by atoms with Crippen LogP contribution in [0.5, 0.6) is 0 Å². The van der Waals surface area contributed by atoms with Crippen molar-refractivity contribution in [1.82, 2.24) is 9.91 Å². The summed E-state index contributed by atoms with van der Waals surface area (Å²) in [5.74, 6) is 0. The van der Waals surface area contributed by atoms with Gasteiger partial charge in [0.25, 0.3) is 0 Å². The molecule has 0 rings (SSSR count). The molecule has 0 atom stereocenters. The molecule has 0 aliphatic rings. The summed E-state index contributed by atoms with van der Waals surface area (Å²) in [4.78, 5) is 2.11. The molecule has 3 heteroatoms. The monoisotopic (exact) mass is 155 g/mol. The Morgan fingerprint density at radius 1 is 1.36 bits per heavy atom. The van der Waals surface area contributed by atoms with Crippen LogP contribution >= 0.6 is 0 Å². The van der Waals surface area contributed by atoms with Crippen LogP contribution in [0, 0.1) is 0 Å². The Bertz CT molecular complexity index is 129. The van der Waals surface area contributed by atoms with Crippen LogP contribution in [0.1, 0.15) is 6.92 Å². The van der Waals surface area contributed by atoms with Crippen molar-refractivity contribution in [2.45, 2.75) is 6.92 Å². The molecule has 0 aromatic heterocycles. The van der Waals surface area contributed by atoms with Gasteiger partial charge in [-0.2, -0.15) is 5.10 Å². The van der Waals surface area contributed by atoms with Crippen LogP contribution < -0.4 is 0 Å². The van der Waals surface area contributed by atoms with E-state index < -0.39 is 0 Å². The van der Waals surface area contributed by atoms with Crippen molar-refractivity contribution in [1.29, 1.82) is 0 Å². The Labute approximate surface area is 69.0 Å². The highest BCUT2D eigenvalue weighted by atomic mass is 15.4. The third kappa shape index (κ3) is 5.61. The second-order valence-corrected chi connectivity index (χ2v) is 2.52. The van der Waals surface area contributed by atoms with E-state index in [1.165, 1.54) is 0 Å². The lowest BCUT2D eigenvalue weighted by atomic mass is 10.5. The molecule has 11 heavy (non-hydrogen) atoms. The average molecular weight is 155 g/mol. The topological polar surface area (TPSA) is 18.8 Å². The van der Waals surface area contributed by atoms with E-state index in [1.54, 1.807) is 12.4 Å². The number of rotatable bonds is 5. The molecule has 0 fully saturated rings. The highest BCUT2D eigenvalue weighted by Gasteiger charge is 1.94. The largest absolute Gasteiger partial charge is 0.308 e. The van der Waals surface area contributed by atoms with Crippen molar-refractivity contribution in [2.24, 2.45) is 5.10 Å². The van der Waals surface area contributed by atoms with Crippen molar-refractivity contribution < 1.29 is 0 Å². The number of hydrazone groups is 1. The molecule has 0 heterocycles. The highest BCUT2D eigenvalue weighted by molar-refractivity contribution is 5.52. The van der Waals surface area contributed by atoms with Gasteiger partial charge in [0, 0.05) is 19.0 Å². The lowest BCUT2D eigenvalue weighted by molar-refractivity contribution is 0.318. The van der Waals surface area contributed by atoms with Crippen molar-refractivity contribution in [3.8, 4) is 0 Å². The molecule has 0 aromatic rings. The SMILES string of the molecule is C=CN(CCN(C)C)/N=C\C. The molecule has 64 valence electrons. The Morgan fingerprint density at radius 3 is 2.36 bits per heavy atom. The summed E-state index contributed by atoms with van der Waals surface area (Å²) in [5, 5.41) is 5.90. The maximum Gasteiger partial charge on any atom is 0.0535 e. The van der Waals surface area contributed by atoms with E-state index in [-0.39, 0.29) is 0 Å². The predicted molar refractivity (Wildman–Crippen MR) is 49.6 cm³/mol. The minimum Gasteiger partial charge on any atom is -0.308 e. The molecule has 0 N–H and O–H groups in total. The average Bonchev–Trinajstić information content (AvgIpc) is 1.97. The predicted octanol–water partition coefficient (Wildman–Crippen LogP) is 0.999. The fraction of sp³-hybridized carbons (Fsp3) is 0.625. The highest BCUT2D eigenvalue weighted by Crippen LogP contribution is 1.88. The molecule has 0 saturated carbocycles. The zero-order valence-electron chi connectivity index (χ0n) is 7.62. The minimum atomic E-state index is 0.890. The van der Waals surface area contributed by atoms with Crippen LogP contribution in [0.15, 0.2) is 17.9 Å². The van der Waals surface area contributed by atoms with Crippen molar-refractivity contribution in [2.75, 3.05) is 27.2 Å². The van der Waals surface area contributed by atoms with Crippen LogP contribution in [0.2, 0.25) is 0 Å². The Kier molecular flexibility index (Phi) is 5.47. The van der Waals surface area contributed by atoms with E-state index in [0.717, 1.165) is 13.1 Å². The number of hydrogen-bond acceptors (Lipinski definition) is 3. The molecule has 0 aromatic carbocycles. The number of nitrogens with zero attached hydrogens (tertiary/aromatic N) is 3. The first-order valence-electron chi connectivity index (χ1n) is 3.73. The van der Waals surface area contributed by atoms with Crippen molar-refractivity contribution in [3.05, 3.63) is 12.8 Å². The van der Waals surface area contributed by atoms with Gasteiger partial charge in [-0.1, -0.05) is 6.58 Å². The van der Waals surface area contributed by atoms with E-state index in [4.69, 9.17) is 0 Å². The van der Waals surface area contributed by atoms with Crippen LogP contribution in [-0.4, -0.2) is 43.3 Å². The third-order valence-electron chi connectivity index (χ3n) is 1.25. The van der Waals surface area contributed by atoms with Crippen molar-refractivity contribution in [3.63, 3.8) is 0 Å². The summed E-state index contributed by atoms with van der Waals surface area (Å²) in [6, 6.07) is 0. The Morgan fingerprint density at radius 2 is 2.00 bits per heavy atom. The fourth-order valence-corrected chi connectivity index (χ4v) is 0.647. The van der Waals surface area contributed by atoms with Gasteiger partial charge in [-0.3, -0.25) is 5.01 Å². The second kappa shape index (κ2) is 5.92. The van der Waals surface area contributed by atoms with E-state index in [2.05, 4.69) is 16.6 Å². The normalized spacial score (nSPS) is 10.9. The first kappa shape index (κ1) is 10.2. The summed E-state index contributed by atoms with van der Waals surface area (Å²) in [5.41, 5.74) is 0. The van der Waals surface area contributed by atoms with Crippen LogP contribution in [-0.2, 0) is 0 Å². The molecule has 0 bridgehead atoms. The van der Waals surface area contributed by atoms with Gasteiger partial charge in [0.2, 0.25) is 0 Å². The fourth-order valence-electron chi connectivity index (χ4n) is 0.647. The first-order valence-corrected chi connectivity index (χ1v) is 3.73. The Balaban J connectivity index is 3.60. The molecular formula is C8H17N3. The van der Waals surface area contributed by atoms with Crippen LogP contribution in [0.4, 0.5) is 0 Å². The third-order valence-corrected chi connectivity index (χ3v) is 1.25. The summed E-state index contributed by atoms with van der Waals surface area (Å²) in [7, 11) is 4.08. The van der Waals surface area contributed by atoms with Gasteiger partial charge in [0.1, 0.15) is 0 Å². The zero-order valence-corrected chi connectivity index (χ0v) is 7.62. The van der Waals surface area contributed by atoms with Crippen LogP contribution in [0.25, 0.3) is 0 Å². The molecule has 0 aliphatic heterocycles. The van der Waals surface area contributed by atoms with Gasteiger partial charge in [0.05, 0.1) is 6.54 Å². The van der Waals surface area contributed by atoms with E-state index in [1.807, 2.05) is 26.0 Å². The number of hydrogen-bond donors (Lipinski definition) is 0. The van der Waals surface area contributed by atoms with E-state index in [9.17, 15) is 0 Å². The molecule has 3 nitrogen and oxygen atoms in total. The lowest BCUT2D eigenvalue weighted by Crippen LogP contribution is -2.24. The molecule has 0 amide bonds. The maximum absolute atomic E-state index is 4.08. The minimum absolute atomic E-state index is 0.890. The van der Waals surface area contributed by atoms with Gasteiger partial charge in [-0.15, -0.1) is 0 Å². The molecule has 0 saturated heterocycles. The quantitative estimate of drug-likeness (QED) is 0.435. The van der Waals surface area contributed by atoms with Gasteiger partial charge in [0.15, 0.2) is 0 Å². The van der Waals surface area contributed by atoms with Gasteiger partial charge >= 0.3 is 0 Å². The molecule has 0 spiro atoms. The first-order chi connectivity index (χ1) is 5.20. The summed E-state index contributed by atoms with van der Waals surface area (Å²) in [6.07, 6.45) is 3.49. The smallest absolute Gasteiger partial charge is 0.0535 e. The van der Waals surface area contributed by atoms with E-state index >= 15 is 0 Å². The van der Waals surface area contributed by atoms with Gasteiger partial charge < -0.3 is 4.90 Å². The van der Waals surface area contributed by atoms with E-state index in [0.29, 0.717) is 0 Å². The van der Waals surface area contributed by atoms with Gasteiger partial charge in [-0.05, 0) is 21.0 Å². The lowest BCUT2D eigenvalue weighted by Gasteiger charge is -2.16. The number of likely N-dealkylation sites (N-methyl/N-ethyl adjacent to an activating group) is 1. The Hall–Kier alpha value is -0.830. The summed E-state index contributed by atoms with van der Waals surface area (Å²) >= 11 is 0. The summed E-state index contributed by atoms with van der Waals surface area (Å²) < 4.78 is 0. The van der Waals surface area contributed by atoms with Gasteiger partial charge in [-0.25, -0.2) is 0 Å². The maximum atomic E-state index is 4.08. The second-order valence-electron chi connectivity index (χ2n) is 2.52. The molecule has 0 radical (unpaired) electrons. The van der Waals surface area contributed by atoms with Crippen molar-refractivity contribution >= 4 is 6.21 Å².